The summed E-state index contributed by atoms with van der Waals surface area (Å²) in [6.45, 7) is 0. The van der Waals surface area contributed by atoms with Crippen LogP contribution >= 0.6 is 11.3 Å². The van der Waals surface area contributed by atoms with Crippen LogP contribution in [0.1, 0.15) is 42.6 Å². The molecule has 1 saturated carbocycles. The van der Waals surface area contributed by atoms with Crippen molar-refractivity contribution in [1.29, 1.82) is 0 Å². The van der Waals surface area contributed by atoms with Crippen LogP contribution in [0.2, 0.25) is 0 Å². The number of anilines is 1. The number of carbonyl (C=O) groups excluding carboxylic acids is 1. The number of nitrogens with one attached hydrogen (secondary N) is 1. The van der Waals surface area contributed by atoms with Gasteiger partial charge in [-0.3, -0.25) is 9.59 Å². The number of carbonyl (C=O) groups is 2. The highest BCUT2D eigenvalue weighted by Crippen LogP contribution is 2.33. The molecule has 1 heterocycles. The zero-order chi connectivity index (χ0) is 13.2. The van der Waals surface area contributed by atoms with Crippen LogP contribution in [0.5, 0.6) is 0 Å². The molecule has 0 bridgehead atoms. The summed E-state index contributed by atoms with van der Waals surface area (Å²) in [5.74, 6) is -1.24. The Hall–Kier alpha value is -1.63. The number of thiazole rings is 1. The second kappa shape index (κ2) is 4.93. The van der Waals surface area contributed by atoms with Gasteiger partial charge in [0.25, 0.3) is 5.91 Å². The maximum absolute atomic E-state index is 12.0. The van der Waals surface area contributed by atoms with Gasteiger partial charge in [0.2, 0.25) is 0 Å². The molecule has 0 saturated heterocycles. The van der Waals surface area contributed by atoms with Crippen molar-refractivity contribution in [2.75, 3.05) is 5.73 Å². The van der Waals surface area contributed by atoms with Crippen molar-refractivity contribution < 1.29 is 14.7 Å². The van der Waals surface area contributed by atoms with Gasteiger partial charge in [-0.1, -0.05) is 12.8 Å². The number of hydrogen-bond acceptors (Lipinski definition) is 5. The van der Waals surface area contributed by atoms with Crippen molar-refractivity contribution in [3.8, 4) is 0 Å². The fourth-order valence-corrected chi connectivity index (χ4v) is 2.93. The van der Waals surface area contributed by atoms with Crippen LogP contribution in [0.15, 0.2) is 5.38 Å². The van der Waals surface area contributed by atoms with E-state index in [4.69, 9.17) is 10.8 Å². The molecule has 7 heteroatoms. The Morgan fingerprint density at radius 1 is 1.50 bits per heavy atom. The fraction of sp³-hybridized carbons (Fsp3) is 0.545. The summed E-state index contributed by atoms with van der Waals surface area (Å²) in [5.41, 5.74) is 5.11. The number of amides is 1. The van der Waals surface area contributed by atoms with Crippen molar-refractivity contribution >= 4 is 28.3 Å². The number of carboxylic acid groups (broad SMARTS) is 1. The number of rotatable bonds is 4. The first-order valence-corrected chi connectivity index (χ1v) is 6.64. The predicted octanol–water partition coefficient (Wildman–Crippen LogP) is 1.24. The van der Waals surface area contributed by atoms with Gasteiger partial charge in [-0.05, 0) is 12.8 Å². The topological polar surface area (TPSA) is 105 Å². The van der Waals surface area contributed by atoms with Crippen LogP contribution in [-0.2, 0) is 4.79 Å². The van der Waals surface area contributed by atoms with Gasteiger partial charge < -0.3 is 16.2 Å². The molecular formula is C11H15N3O3S. The average molecular weight is 269 g/mol. The summed E-state index contributed by atoms with van der Waals surface area (Å²) in [6.07, 6.45) is 3.23. The zero-order valence-electron chi connectivity index (χ0n) is 9.81. The summed E-state index contributed by atoms with van der Waals surface area (Å²) in [6, 6.07) is 0. The number of nitrogen functional groups attached to an aromatic ring is 1. The van der Waals surface area contributed by atoms with E-state index in [0.717, 1.165) is 12.8 Å². The van der Waals surface area contributed by atoms with E-state index in [1.807, 2.05) is 0 Å². The first-order chi connectivity index (χ1) is 8.51. The molecule has 1 amide bonds. The molecule has 0 radical (unpaired) electrons. The van der Waals surface area contributed by atoms with E-state index in [-0.39, 0.29) is 18.0 Å². The van der Waals surface area contributed by atoms with Gasteiger partial charge in [0.1, 0.15) is 5.69 Å². The monoisotopic (exact) mass is 269 g/mol. The first kappa shape index (κ1) is 12.8. The Labute approximate surface area is 108 Å². The largest absolute Gasteiger partial charge is 0.481 e. The van der Waals surface area contributed by atoms with E-state index in [2.05, 4.69) is 10.3 Å². The Bertz CT molecular complexity index is 466. The Kier molecular flexibility index (Phi) is 3.51. The van der Waals surface area contributed by atoms with Crippen LogP contribution in [0.3, 0.4) is 0 Å². The molecule has 6 nitrogen and oxygen atoms in total. The minimum atomic E-state index is -0.894. The SMILES string of the molecule is Nc1nc(C(=O)NC2(CC(=O)O)CCCC2)cs1. The molecule has 2 rings (SSSR count). The van der Waals surface area contributed by atoms with Crippen molar-refractivity contribution in [2.45, 2.75) is 37.6 Å². The number of hydrogen-bond donors (Lipinski definition) is 3. The van der Waals surface area contributed by atoms with Gasteiger partial charge >= 0.3 is 5.97 Å². The minimum Gasteiger partial charge on any atom is -0.481 e. The van der Waals surface area contributed by atoms with Crippen LogP contribution < -0.4 is 11.1 Å². The van der Waals surface area contributed by atoms with Crippen molar-refractivity contribution in [1.82, 2.24) is 10.3 Å². The quantitative estimate of drug-likeness (QED) is 0.762. The van der Waals surface area contributed by atoms with Gasteiger partial charge in [0.05, 0.1) is 12.0 Å². The molecule has 0 aromatic carbocycles. The van der Waals surface area contributed by atoms with E-state index < -0.39 is 11.5 Å². The summed E-state index contributed by atoms with van der Waals surface area (Å²) in [5, 5.41) is 13.7. The van der Waals surface area contributed by atoms with E-state index in [0.29, 0.717) is 18.0 Å². The van der Waals surface area contributed by atoms with E-state index in [9.17, 15) is 9.59 Å². The van der Waals surface area contributed by atoms with Crippen LogP contribution in [-0.4, -0.2) is 27.5 Å². The predicted molar refractivity (Wildman–Crippen MR) is 67.4 cm³/mol. The second-order valence-corrected chi connectivity index (χ2v) is 5.47. The summed E-state index contributed by atoms with van der Waals surface area (Å²) in [7, 11) is 0. The normalized spacial score (nSPS) is 17.6. The minimum absolute atomic E-state index is 0.0433. The van der Waals surface area contributed by atoms with Gasteiger partial charge in [-0.2, -0.15) is 0 Å². The van der Waals surface area contributed by atoms with Gasteiger partial charge in [0, 0.05) is 5.38 Å². The number of aromatic nitrogens is 1. The Balaban J connectivity index is 2.09. The third-order valence-electron chi connectivity index (χ3n) is 3.18. The maximum Gasteiger partial charge on any atom is 0.305 e. The van der Waals surface area contributed by atoms with Crippen LogP contribution in [0.4, 0.5) is 5.13 Å². The summed E-state index contributed by atoms with van der Waals surface area (Å²) in [4.78, 5) is 26.8. The lowest BCUT2D eigenvalue weighted by Gasteiger charge is -2.28. The molecule has 0 aliphatic heterocycles. The van der Waals surface area contributed by atoms with Gasteiger partial charge in [-0.15, -0.1) is 11.3 Å². The molecular weight excluding hydrogens is 254 g/mol. The lowest BCUT2D eigenvalue weighted by Crippen LogP contribution is -2.47. The van der Waals surface area contributed by atoms with Crippen LogP contribution in [0.25, 0.3) is 0 Å². The Morgan fingerprint density at radius 3 is 2.67 bits per heavy atom. The molecule has 1 aliphatic rings. The summed E-state index contributed by atoms with van der Waals surface area (Å²) >= 11 is 1.19. The highest BCUT2D eigenvalue weighted by Gasteiger charge is 2.37. The van der Waals surface area contributed by atoms with E-state index in [1.54, 1.807) is 5.38 Å². The molecule has 0 spiro atoms. The molecule has 18 heavy (non-hydrogen) atoms. The number of aliphatic carboxylic acids is 1. The number of nitrogens with zero attached hydrogens (tertiary/aromatic N) is 1. The molecule has 4 N–H and O–H groups in total. The molecule has 1 aliphatic carbocycles. The first-order valence-electron chi connectivity index (χ1n) is 5.76. The highest BCUT2D eigenvalue weighted by atomic mass is 32.1. The lowest BCUT2D eigenvalue weighted by atomic mass is 9.93. The van der Waals surface area contributed by atoms with Crippen molar-refractivity contribution in [2.24, 2.45) is 0 Å². The third kappa shape index (κ3) is 2.79. The maximum atomic E-state index is 12.0. The van der Waals surface area contributed by atoms with Crippen molar-refractivity contribution in [3.05, 3.63) is 11.1 Å². The second-order valence-electron chi connectivity index (χ2n) is 4.58. The van der Waals surface area contributed by atoms with Crippen molar-refractivity contribution in [3.63, 3.8) is 0 Å². The lowest BCUT2D eigenvalue weighted by molar-refractivity contribution is -0.138. The summed E-state index contributed by atoms with van der Waals surface area (Å²) < 4.78 is 0. The van der Waals surface area contributed by atoms with Gasteiger partial charge in [-0.25, -0.2) is 4.98 Å². The molecule has 1 aromatic rings. The number of nitrogens with two attached hydrogens (primary N) is 1. The molecule has 98 valence electrons. The van der Waals surface area contributed by atoms with E-state index >= 15 is 0 Å². The molecule has 0 unspecified atom stereocenters. The Morgan fingerprint density at radius 2 is 2.17 bits per heavy atom. The molecule has 0 atom stereocenters. The highest BCUT2D eigenvalue weighted by molar-refractivity contribution is 7.13. The molecule has 1 fully saturated rings. The van der Waals surface area contributed by atoms with Crippen LogP contribution in [0, 0.1) is 0 Å². The average Bonchev–Trinajstić information content (AvgIpc) is 2.87. The zero-order valence-corrected chi connectivity index (χ0v) is 10.6. The fourth-order valence-electron chi connectivity index (χ4n) is 2.38. The smallest absolute Gasteiger partial charge is 0.305 e. The van der Waals surface area contributed by atoms with Gasteiger partial charge in [0.15, 0.2) is 5.13 Å². The standard InChI is InChI=1S/C11H15N3O3S/c12-10-13-7(6-18-10)9(17)14-11(5-8(15)16)3-1-2-4-11/h6H,1-5H2,(H2,12,13)(H,14,17)(H,15,16). The number of carboxylic acids is 1. The van der Waals surface area contributed by atoms with E-state index in [1.165, 1.54) is 11.3 Å². The third-order valence-corrected chi connectivity index (χ3v) is 3.86. The molecule has 1 aromatic heterocycles.